The van der Waals surface area contributed by atoms with Crippen LogP contribution in [0.5, 0.6) is 0 Å². The highest BCUT2D eigenvalue weighted by molar-refractivity contribution is 8.00. The lowest BCUT2D eigenvalue weighted by atomic mass is 9.95. The molecule has 0 aromatic heterocycles. The first kappa shape index (κ1) is 23.9. The molecule has 5 atom stereocenters. The van der Waals surface area contributed by atoms with Gasteiger partial charge in [-0.1, -0.05) is 8.93 Å². The van der Waals surface area contributed by atoms with Crippen LogP contribution in [0.2, 0.25) is 0 Å². The zero-order valence-corrected chi connectivity index (χ0v) is 19.3. The van der Waals surface area contributed by atoms with Gasteiger partial charge in [0.25, 0.3) is 0 Å². The number of carbonyl (C=O) groups is 2. The van der Waals surface area contributed by atoms with Crippen molar-refractivity contribution in [2.75, 3.05) is 13.2 Å². The van der Waals surface area contributed by atoms with E-state index in [-0.39, 0.29) is 26.4 Å². The Hall–Kier alpha value is -0.0900. The fraction of sp³-hybridized carbons (Fsp3) is 0.867. The third-order valence-electron chi connectivity index (χ3n) is 3.89. The molecular formula is C15H31N2O6P3. The highest BCUT2D eigenvalue weighted by atomic mass is 32.0. The minimum absolute atomic E-state index is 0.0699. The quantitative estimate of drug-likeness (QED) is 0.473. The van der Waals surface area contributed by atoms with Gasteiger partial charge in [-0.25, -0.2) is 10.3 Å². The lowest BCUT2D eigenvalue weighted by Crippen LogP contribution is -2.50. The number of rotatable bonds is 8. The summed E-state index contributed by atoms with van der Waals surface area (Å²) in [7, 11) is 4.64. The molecule has 8 nitrogen and oxygen atoms in total. The molecular weight excluding hydrogens is 397 g/mol. The van der Waals surface area contributed by atoms with Crippen LogP contribution < -0.4 is 5.48 Å². The second-order valence-corrected chi connectivity index (χ2v) is 9.02. The van der Waals surface area contributed by atoms with Crippen molar-refractivity contribution in [2.45, 2.75) is 64.8 Å². The zero-order valence-electron chi connectivity index (χ0n) is 16.0. The smallest absolute Gasteiger partial charge is 0.412 e. The van der Waals surface area contributed by atoms with E-state index in [0.717, 1.165) is 0 Å². The van der Waals surface area contributed by atoms with Crippen molar-refractivity contribution < 1.29 is 28.2 Å². The van der Waals surface area contributed by atoms with Crippen molar-refractivity contribution in [3.63, 3.8) is 0 Å². The van der Waals surface area contributed by atoms with E-state index < -0.39 is 17.4 Å². The topological polar surface area (TPSA) is 86.3 Å². The number of nitrogens with zero attached hydrogens (tertiary/aromatic N) is 1. The number of amides is 2. The average Bonchev–Trinajstić information content (AvgIpc) is 2.81. The van der Waals surface area contributed by atoms with Crippen LogP contribution in [-0.4, -0.2) is 47.5 Å². The van der Waals surface area contributed by atoms with Gasteiger partial charge >= 0.3 is 6.09 Å². The Morgan fingerprint density at radius 1 is 1.42 bits per heavy atom. The molecule has 0 saturated carbocycles. The lowest BCUT2D eigenvalue weighted by Gasteiger charge is -2.35. The maximum atomic E-state index is 12.7. The summed E-state index contributed by atoms with van der Waals surface area (Å²) in [4.78, 5) is 26.7. The molecule has 152 valence electrons. The van der Waals surface area contributed by atoms with Gasteiger partial charge in [0.2, 0.25) is 5.91 Å². The average molecular weight is 428 g/mol. The summed E-state index contributed by atoms with van der Waals surface area (Å²) in [6.45, 7) is 9.82. The molecule has 1 aliphatic heterocycles. The van der Waals surface area contributed by atoms with Crippen LogP contribution in [0.15, 0.2) is 0 Å². The predicted octanol–water partition coefficient (Wildman–Crippen LogP) is 2.99. The Morgan fingerprint density at radius 3 is 2.62 bits per heavy atom. The monoisotopic (exact) mass is 428 g/mol. The van der Waals surface area contributed by atoms with Crippen LogP contribution >= 0.6 is 26.9 Å². The van der Waals surface area contributed by atoms with E-state index in [2.05, 4.69) is 23.9 Å². The number of carbonyl (C=O) groups excluding carboxylic acids is 2. The Bertz CT molecular complexity index is 486. The molecule has 2 amide bonds. The van der Waals surface area contributed by atoms with Crippen molar-refractivity contribution in [2.24, 2.45) is 5.92 Å². The molecule has 11 heteroatoms. The summed E-state index contributed by atoms with van der Waals surface area (Å²) >= 11 is 0. The number of hydroxylamine groups is 1. The molecule has 0 spiro atoms. The molecule has 1 heterocycles. The van der Waals surface area contributed by atoms with Crippen LogP contribution in [0.3, 0.4) is 0 Å². The van der Waals surface area contributed by atoms with Gasteiger partial charge in [0.1, 0.15) is 11.3 Å². The van der Waals surface area contributed by atoms with E-state index >= 15 is 0 Å². The summed E-state index contributed by atoms with van der Waals surface area (Å²) in [5.74, 6) is -0.625. The molecule has 1 rings (SSSR count). The maximum Gasteiger partial charge on any atom is 0.412 e. The lowest BCUT2D eigenvalue weighted by molar-refractivity contribution is -0.132. The van der Waals surface area contributed by atoms with Gasteiger partial charge in [-0.15, -0.1) is 0 Å². The van der Waals surface area contributed by atoms with Gasteiger partial charge in [0.15, 0.2) is 0 Å². The number of hydrogen-bond donors (Lipinski definition) is 1. The van der Waals surface area contributed by atoms with E-state index in [4.69, 9.17) is 18.6 Å². The summed E-state index contributed by atoms with van der Waals surface area (Å²) in [6, 6.07) is -0.279. The second kappa shape index (κ2) is 10.5. The molecule has 1 saturated heterocycles. The van der Waals surface area contributed by atoms with Gasteiger partial charge in [0, 0.05) is 15.4 Å². The van der Waals surface area contributed by atoms with Crippen LogP contribution in [0, 0.1) is 5.92 Å². The van der Waals surface area contributed by atoms with Gasteiger partial charge < -0.3 is 14.0 Å². The van der Waals surface area contributed by atoms with Gasteiger partial charge in [-0.3, -0.25) is 14.3 Å². The summed E-state index contributed by atoms with van der Waals surface area (Å²) in [5.41, 5.74) is 1.02. The molecule has 0 bridgehead atoms. The highest BCUT2D eigenvalue weighted by Crippen LogP contribution is 2.33. The number of ether oxygens (including phenoxy) is 2. The van der Waals surface area contributed by atoms with E-state index in [9.17, 15) is 9.59 Å². The molecule has 3 unspecified atom stereocenters. The Kier molecular flexibility index (Phi) is 9.63. The molecule has 0 aromatic rings. The zero-order chi connectivity index (χ0) is 20.0. The molecule has 1 N–H and O–H groups in total. The van der Waals surface area contributed by atoms with E-state index in [1.807, 2.05) is 34.6 Å². The fourth-order valence-electron chi connectivity index (χ4n) is 2.80. The second-order valence-electron chi connectivity index (χ2n) is 7.54. The minimum atomic E-state index is -0.803. The summed E-state index contributed by atoms with van der Waals surface area (Å²) < 4.78 is 21.4. The summed E-state index contributed by atoms with van der Waals surface area (Å²) in [5, 5.41) is 0. The third-order valence-corrected chi connectivity index (χ3v) is 4.70. The molecule has 0 aromatic carbocycles. The Labute approximate surface area is 162 Å². The molecule has 1 aliphatic rings. The Morgan fingerprint density at radius 2 is 2.08 bits per heavy atom. The first-order valence-electron chi connectivity index (χ1n) is 8.41. The van der Waals surface area contributed by atoms with Gasteiger partial charge in [-0.2, -0.15) is 0 Å². The first-order chi connectivity index (χ1) is 12.0. The predicted molar refractivity (Wildman–Crippen MR) is 108 cm³/mol. The van der Waals surface area contributed by atoms with Crippen molar-refractivity contribution >= 4 is 38.9 Å². The normalized spacial score (nSPS) is 21.2. The van der Waals surface area contributed by atoms with Gasteiger partial charge in [-0.05, 0) is 47.5 Å². The van der Waals surface area contributed by atoms with Gasteiger partial charge in [0.05, 0.1) is 27.8 Å². The largest absolute Gasteiger partial charge is 0.444 e. The summed E-state index contributed by atoms with van der Waals surface area (Å²) in [6.07, 6.45) is 0.470. The number of hydrogen-bond acceptors (Lipinski definition) is 6. The van der Waals surface area contributed by atoms with Crippen LogP contribution in [0.1, 0.15) is 47.5 Å². The van der Waals surface area contributed by atoms with Crippen molar-refractivity contribution in [3.05, 3.63) is 0 Å². The highest BCUT2D eigenvalue weighted by Gasteiger charge is 2.46. The molecule has 1 fully saturated rings. The van der Waals surface area contributed by atoms with Crippen molar-refractivity contribution in [1.82, 2.24) is 10.4 Å². The first-order valence-corrected chi connectivity index (χ1v) is 11.6. The number of nitrogens with one attached hydrogen (secondary N) is 1. The third kappa shape index (κ3) is 7.50. The molecule has 0 radical (unpaired) electrons. The van der Waals surface area contributed by atoms with E-state index in [0.29, 0.717) is 26.1 Å². The maximum absolute atomic E-state index is 12.7. The molecule has 0 aliphatic carbocycles. The van der Waals surface area contributed by atoms with E-state index in [1.54, 1.807) is 4.90 Å². The van der Waals surface area contributed by atoms with Crippen LogP contribution in [0.4, 0.5) is 4.79 Å². The fourth-order valence-corrected chi connectivity index (χ4v) is 3.27. The van der Waals surface area contributed by atoms with Crippen LogP contribution in [0.25, 0.3) is 0 Å². The van der Waals surface area contributed by atoms with E-state index in [1.165, 1.54) is 0 Å². The van der Waals surface area contributed by atoms with Crippen LogP contribution in [-0.2, 0) is 23.4 Å². The SMILES string of the molecule is CC(C)(C)OC(=O)N1[C@@H](C[C@H](CCOP)C(=O)NOPP)COC1(C)C. The van der Waals surface area contributed by atoms with Crippen molar-refractivity contribution in [3.8, 4) is 0 Å². The Balaban J connectivity index is 2.89. The molecule has 26 heavy (non-hydrogen) atoms. The minimum Gasteiger partial charge on any atom is -0.444 e. The van der Waals surface area contributed by atoms with Crippen molar-refractivity contribution in [1.29, 1.82) is 0 Å². The standard InChI is InChI=1S/C15H31N2O6P3/c1-14(2,3)22-13(19)17-11(9-20-15(17,4)5)8-10(6-7-21-24)12(18)16-23-26-25/h10-11,26H,6-9,24-25H2,1-5H3,(H,16,18)/t10-,11-/m0/s1.